The zero-order valence-corrected chi connectivity index (χ0v) is 14.4. The zero-order valence-electron chi connectivity index (χ0n) is 14.4. The Morgan fingerprint density at radius 1 is 0.963 bits per heavy atom. The van der Waals surface area contributed by atoms with Gasteiger partial charge in [0, 0.05) is 24.5 Å². The van der Waals surface area contributed by atoms with Gasteiger partial charge in [0.25, 0.3) is 5.91 Å². The minimum atomic E-state index is -0.558. The SMILES string of the molecule is CC(=O)Nc1cccc(Nc2nccc(C(=O)Nc3ccccc3F)n2)c1. The smallest absolute Gasteiger partial charge is 0.274 e. The third kappa shape index (κ3) is 4.85. The quantitative estimate of drug-likeness (QED) is 0.642. The molecule has 0 radical (unpaired) electrons. The molecule has 0 bridgehead atoms. The van der Waals surface area contributed by atoms with Crippen LogP contribution in [0.3, 0.4) is 0 Å². The molecular formula is C19H16FN5O2. The Bertz CT molecular complexity index is 993. The van der Waals surface area contributed by atoms with E-state index in [1.165, 1.54) is 37.4 Å². The summed E-state index contributed by atoms with van der Waals surface area (Å²) in [4.78, 5) is 31.7. The van der Waals surface area contributed by atoms with E-state index in [1.54, 1.807) is 30.3 Å². The van der Waals surface area contributed by atoms with Crippen LogP contribution in [0.25, 0.3) is 0 Å². The largest absolute Gasteiger partial charge is 0.326 e. The number of rotatable bonds is 5. The zero-order chi connectivity index (χ0) is 19.2. The maximum absolute atomic E-state index is 13.7. The molecule has 3 N–H and O–H groups in total. The number of anilines is 4. The van der Waals surface area contributed by atoms with E-state index >= 15 is 0 Å². The summed E-state index contributed by atoms with van der Waals surface area (Å²) in [5.74, 6) is -1.09. The monoisotopic (exact) mass is 365 g/mol. The van der Waals surface area contributed by atoms with Gasteiger partial charge in [-0.15, -0.1) is 0 Å². The highest BCUT2D eigenvalue weighted by atomic mass is 19.1. The molecule has 27 heavy (non-hydrogen) atoms. The van der Waals surface area contributed by atoms with Crippen LogP contribution < -0.4 is 16.0 Å². The maximum atomic E-state index is 13.7. The molecule has 3 rings (SSSR count). The summed E-state index contributed by atoms with van der Waals surface area (Å²) >= 11 is 0. The van der Waals surface area contributed by atoms with Gasteiger partial charge in [0.05, 0.1) is 5.69 Å². The molecule has 1 heterocycles. The lowest BCUT2D eigenvalue weighted by atomic mass is 10.2. The van der Waals surface area contributed by atoms with Crippen LogP contribution in [0.15, 0.2) is 60.8 Å². The van der Waals surface area contributed by atoms with Crippen molar-refractivity contribution in [2.24, 2.45) is 0 Å². The number of nitrogens with one attached hydrogen (secondary N) is 3. The van der Waals surface area contributed by atoms with Gasteiger partial charge < -0.3 is 16.0 Å². The van der Waals surface area contributed by atoms with E-state index in [0.717, 1.165) is 0 Å². The predicted molar refractivity (Wildman–Crippen MR) is 100 cm³/mol. The van der Waals surface area contributed by atoms with Crippen molar-refractivity contribution in [3.05, 3.63) is 72.3 Å². The Morgan fingerprint density at radius 3 is 2.52 bits per heavy atom. The summed E-state index contributed by atoms with van der Waals surface area (Å²) in [5, 5.41) is 8.10. The lowest BCUT2D eigenvalue weighted by molar-refractivity contribution is -0.114. The Labute approximate surface area is 154 Å². The number of hydrogen-bond acceptors (Lipinski definition) is 5. The molecule has 7 nitrogen and oxygen atoms in total. The number of nitrogens with zero attached hydrogens (tertiary/aromatic N) is 2. The molecule has 0 saturated heterocycles. The van der Waals surface area contributed by atoms with Crippen molar-refractivity contribution in [2.45, 2.75) is 6.92 Å². The van der Waals surface area contributed by atoms with Gasteiger partial charge in [0.15, 0.2) is 0 Å². The van der Waals surface area contributed by atoms with Crippen molar-refractivity contribution in [2.75, 3.05) is 16.0 Å². The van der Waals surface area contributed by atoms with E-state index in [-0.39, 0.29) is 23.2 Å². The highest BCUT2D eigenvalue weighted by molar-refractivity contribution is 6.03. The molecule has 0 unspecified atom stereocenters. The van der Waals surface area contributed by atoms with E-state index in [4.69, 9.17) is 0 Å². The van der Waals surface area contributed by atoms with Crippen LogP contribution in [0.1, 0.15) is 17.4 Å². The fourth-order valence-corrected chi connectivity index (χ4v) is 2.30. The van der Waals surface area contributed by atoms with Crippen molar-refractivity contribution < 1.29 is 14.0 Å². The molecule has 2 amide bonds. The van der Waals surface area contributed by atoms with E-state index in [0.29, 0.717) is 11.4 Å². The maximum Gasteiger partial charge on any atom is 0.274 e. The second-order valence-corrected chi connectivity index (χ2v) is 5.59. The van der Waals surface area contributed by atoms with Gasteiger partial charge in [-0.1, -0.05) is 18.2 Å². The summed E-state index contributed by atoms with van der Waals surface area (Å²) < 4.78 is 13.7. The molecule has 0 spiro atoms. The minimum Gasteiger partial charge on any atom is -0.326 e. The molecule has 0 aliphatic heterocycles. The summed E-state index contributed by atoms with van der Waals surface area (Å²) in [6, 6.07) is 14.3. The first kappa shape index (κ1) is 18.0. The Hall–Kier alpha value is -3.81. The molecular weight excluding hydrogens is 349 g/mol. The number of amides is 2. The Kier molecular flexibility index (Phi) is 5.36. The normalized spacial score (nSPS) is 10.1. The van der Waals surface area contributed by atoms with Crippen molar-refractivity contribution >= 4 is 34.8 Å². The number of carbonyl (C=O) groups is 2. The lowest BCUT2D eigenvalue weighted by Crippen LogP contribution is -2.15. The van der Waals surface area contributed by atoms with Gasteiger partial charge in [-0.25, -0.2) is 14.4 Å². The Morgan fingerprint density at radius 2 is 1.74 bits per heavy atom. The first-order valence-electron chi connectivity index (χ1n) is 8.05. The molecule has 3 aromatic rings. The van der Waals surface area contributed by atoms with Gasteiger partial charge in [-0.05, 0) is 36.4 Å². The average molecular weight is 365 g/mol. The summed E-state index contributed by atoms with van der Waals surface area (Å²) in [7, 11) is 0. The van der Waals surface area contributed by atoms with E-state index < -0.39 is 11.7 Å². The minimum absolute atomic E-state index is 0.0682. The van der Waals surface area contributed by atoms with Crippen molar-refractivity contribution in [3.8, 4) is 0 Å². The number of carbonyl (C=O) groups excluding carboxylic acids is 2. The molecule has 0 aliphatic carbocycles. The van der Waals surface area contributed by atoms with Gasteiger partial charge in [0.1, 0.15) is 11.5 Å². The standard InChI is InChI=1S/C19H16FN5O2/c1-12(26)22-13-5-4-6-14(11-13)23-19-21-10-9-17(25-19)18(27)24-16-8-3-2-7-15(16)20/h2-11H,1H3,(H,22,26)(H,24,27)(H,21,23,25). The molecule has 0 atom stereocenters. The van der Waals surface area contributed by atoms with Crippen molar-refractivity contribution in [3.63, 3.8) is 0 Å². The second kappa shape index (κ2) is 8.05. The predicted octanol–water partition coefficient (Wildman–Crippen LogP) is 3.57. The van der Waals surface area contributed by atoms with E-state index in [9.17, 15) is 14.0 Å². The van der Waals surface area contributed by atoms with Crippen LogP contribution in [-0.4, -0.2) is 21.8 Å². The first-order chi connectivity index (χ1) is 13.0. The number of para-hydroxylation sites is 1. The Balaban J connectivity index is 1.75. The summed E-state index contributed by atoms with van der Waals surface area (Å²) in [5.41, 5.74) is 1.39. The van der Waals surface area contributed by atoms with Crippen LogP contribution in [0, 0.1) is 5.82 Å². The van der Waals surface area contributed by atoms with Crippen LogP contribution in [0.4, 0.5) is 27.4 Å². The van der Waals surface area contributed by atoms with Crippen molar-refractivity contribution in [1.29, 1.82) is 0 Å². The summed E-state index contributed by atoms with van der Waals surface area (Å²) in [6.45, 7) is 1.42. The second-order valence-electron chi connectivity index (χ2n) is 5.59. The molecule has 136 valence electrons. The highest BCUT2D eigenvalue weighted by Gasteiger charge is 2.11. The lowest BCUT2D eigenvalue weighted by Gasteiger charge is -2.09. The van der Waals surface area contributed by atoms with Crippen LogP contribution in [0.5, 0.6) is 0 Å². The molecule has 0 saturated carbocycles. The molecule has 1 aromatic heterocycles. The van der Waals surface area contributed by atoms with Gasteiger partial charge >= 0.3 is 0 Å². The van der Waals surface area contributed by atoms with Crippen LogP contribution in [-0.2, 0) is 4.79 Å². The van der Waals surface area contributed by atoms with E-state index in [2.05, 4.69) is 25.9 Å². The molecule has 0 fully saturated rings. The first-order valence-corrected chi connectivity index (χ1v) is 8.05. The number of hydrogen-bond donors (Lipinski definition) is 3. The molecule has 8 heteroatoms. The molecule has 2 aromatic carbocycles. The van der Waals surface area contributed by atoms with Crippen molar-refractivity contribution in [1.82, 2.24) is 9.97 Å². The van der Waals surface area contributed by atoms with Gasteiger partial charge in [-0.3, -0.25) is 9.59 Å². The fourth-order valence-electron chi connectivity index (χ4n) is 2.30. The molecule has 0 aliphatic rings. The third-order valence-corrected chi connectivity index (χ3v) is 3.45. The summed E-state index contributed by atoms with van der Waals surface area (Å²) in [6.07, 6.45) is 1.42. The highest BCUT2D eigenvalue weighted by Crippen LogP contribution is 2.18. The van der Waals surface area contributed by atoms with Gasteiger partial charge in [-0.2, -0.15) is 0 Å². The average Bonchev–Trinajstić information content (AvgIpc) is 2.63. The van der Waals surface area contributed by atoms with Crippen LogP contribution in [0.2, 0.25) is 0 Å². The number of halogens is 1. The van der Waals surface area contributed by atoms with Gasteiger partial charge in [0.2, 0.25) is 11.9 Å². The number of aromatic nitrogens is 2. The fraction of sp³-hybridized carbons (Fsp3) is 0.0526. The van der Waals surface area contributed by atoms with Crippen LogP contribution >= 0.6 is 0 Å². The third-order valence-electron chi connectivity index (χ3n) is 3.45. The number of benzene rings is 2. The topological polar surface area (TPSA) is 96.0 Å². The van der Waals surface area contributed by atoms with E-state index in [1.807, 2.05) is 0 Å².